The van der Waals surface area contributed by atoms with Crippen LogP contribution in [0.3, 0.4) is 0 Å². The number of benzene rings is 1. The van der Waals surface area contributed by atoms with Crippen molar-refractivity contribution in [1.82, 2.24) is 5.32 Å². The van der Waals surface area contributed by atoms with Gasteiger partial charge >= 0.3 is 0 Å². The average Bonchev–Trinajstić information content (AvgIpc) is 2.48. The van der Waals surface area contributed by atoms with Gasteiger partial charge in [-0.25, -0.2) is 0 Å². The van der Waals surface area contributed by atoms with Crippen molar-refractivity contribution in [3.63, 3.8) is 0 Å². The zero-order valence-electron chi connectivity index (χ0n) is 12.0. The van der Waals surface area contributed by atoms with Crippen molar-refractivity contribution in [2.75, 3.05) is 0 Å². The van der Waals surface area contributed by atoms with Crippen molar-refractivity contribution in [2.24, 2.45) is 5.73 Å². The standard InChI is InChI=1S/C16H24N2OS/c1-12(20-11-13-5-3-2-4-6-13)16(19)18-15-9-7-14(17)8-10-15/h2-6,12,14-15H,7-11,17H2,1H3,(H,18,19). The third-order valence-corrected chi connectivity index (χ3v) is 5.04. The summed E-state index contributed by atoms with van der Waals surface area (Å²) in [4.78, 5) is 12.2. The minimum atomic E-state index is -0.00851. The van der Waals surface area contributed by atoms with Gasteiger partial charge in [0.05, 0.1) is 5.25 Å². The van der Waals surface area contributed by atoms with Crippen LogP contribution in [0, 0.1) is 0 Å². The lowest BCUT2D eigenvalue weighted by molar-refractivity contribution is -0.121. The van der Waals surface area contributed by atoms with Crippen LogP contribution in [0.25, 0.3) is 0 Å². The third kappa shape index (κ3) is 4.84. The molecule has 3 N–H and O–H groups in total. The van der Waals surface area contributed by atoms with E-state index < -0.39 is 0 Å². The van der Waals surface area contributed by atoms with Gasteiger partial charge in [0.2, 0.25) is 5.91 Å². The van der Waals surface area contributed by atoms with E-state index in [1.807, 2.05) is 25.1 Å². The Morgan fingerprint density at radius 3 is 2.60 bits per heavy atom. The molecular weight excluding hydrogens is 268 g/mol. The van der Waals surface area contributed by atoms with Gasteiger partial charge in [-0.1, -0.05) is 30.3 Å². The van der Waals surface area contributed by atoms with Crippen LogP contribution in [-0.2, 0) is 10.5 Å². The molecule has 0 heterocycles. The first-order valence-corrected chi connectivity index (χ1v) is 8.41. The lowest BCUT2D eigenvalue weighted by Gasteiger charge is -2.27. The second kappa shape index (κ2) is 7.70. The van der Waals surface area contributed by atoms with Gasteiger partial charge in [0.25, 0.3) is 0 Å². The van der Waals surface area contributed by atoms with E-state index in [1.54, 1.807) is 11.8 Å². The van der Waals surface area contributed by atoms with E-state index in [4.69, 9.17) is 5.73 Å². The van der Waals surface area contributed by atoms with Gasteiger partial charge in [-0.2, -0.15) is 0 Å². The zero-order chi connectivity index (χ0) is 14.4. The lowest BCUT2D eigenvalue weighted by Crippen LogP contribution is -2.43. The van der Waals surface area contributed by atoms with Crippen LogP contribution in [0.4, 0.5) is 0 Å². The van der Waals surface area contributed by atoms with E-state index in [9.17, 15) is 4.79 Å². The van der Waals surface area contributed by atoms with Crippen molar-refractivity contribution >= 4 is 17.7 Å². The van der Waals surface area contributed by atoms with Gasteiger partial charge in [-0.05, 0) is 38.2 Å². The smallest absolute Gasteiger partial charge is 0.233 e. The SMILES string of the molecule is CC(SCc1ccccc1)C(=O)NC1CCC(N)CC1. The largest absolute Gasteiger partial charge is 0.352 e. The summed E-state index contributed by atoms with van der Waals surface area (Å²) in [5, 5.41) is 3.15. The van der Waals surface area contributed by atoms with Gasteiger partial charge in [0.1, 0.15) is 0 Å². The van der Waals surface area contributed by atoms with Gasteiger partial charge in [-0.15, -0.1) is 11.8 Å². The molecule has 1 unspecified atom stereocenters. The molecule has 20 heavy (non-hydrogen) atoms. The lowest BCUT2D eigenvalue weighted by atomic mass is 9.92. The summed E-state index contributed by atoms with van der Waals surface area (Å²) in [5.41, 5.74) is 7.15. The van der Waals surface area contributed by atoms with Crippen LogP contribution in [0.1, 0.15) is 38.2 Å². The minimum Gasteiger partial charge on any atom is -0.352 e. The van der Waals surface area contributed by atoms with Gasteiger partial charge in [-0.3, -0.25) is 4.79 Å². The van der Waals surface area contributed by atoms with Crippen LogP contribution >= 0.6 is 11.8 Å². The number of nitrogens with one attached hydrogen (secondary N) is 1. The molecule has 1 aliphatic rings. The fourth-order valence-electron chi connectivity index (χ4n) is 2.45. The average molecular weight is 292 g/mol. The van der Waals surface area contributed by atoms with Crippen molar-refractivity contribution in [2.45, 2.75) is 55.7 Å². The summed E-state index contributed by atoms with van der Waals surface area (Å²) in [6.07, 6.45) is 4.08. The monoisotopic (exact) mass is 292 g/mol. The van der Waals surface area contributed by atoms with Crippen LogP contribution < -0.4 is 11.1 Å². The van der Waals surface area contributed by atoms with Gasteiger partial charge in [0, 0.05) is 17.8 Å². The highest BCUT2D eigenvalue weighted by Crippen LogP contribution is 2.20. The number of hydrogen-bond acceptors (Lipinski definition) is 3. The summed E-state index contributed by atoms with van der Waals surface area (Å²) < 4.78 is 0. The molecule has 0 radical (unpaired) electrons. The molecule has 1 amide bonds. The molecule has 1 saturated carbocycles. The number of thioether (sulfide) groups is 1. The summed E-state index contributed by atoms with van der Waals surface area (Å²) in [6.45, 7) is 1.98. The highest BCUT2D eigenvalue weighted by molar-refractivity contribution is 7.99. The van der Waals surface area contributed by atoms with Crippen molar-refractivity contribution in [3.05, 3.63) is 35.9 Å². The topological polar surface area (TPSA) is 55.1 Å². The molecule has 0 aliphatic heterocycles. The molecule has 0 spiro atoms. The van der Waals surface area contributed by atoms with Crippen LogP contribution in [0.15, 0.2) is 30.3 Å². The van der Waals surface area contributed by atoms with E-state index in [1.165, 1.54) is 5.56 Å². The summed E-state index contributed by atoms with van der Waals surface area (Å²) in [6, 6.07) is 10.9. The van der Waals surface area contributed by atoms with Gasteiger partial charge in [0.15, 0.2) is 0 Å². The number of carbonyl (C=O) groups is 1. The second-order valence-electron chi connectivity index (χ2n) is 5.56. The number of amides is 1. The molecule has 1 atom stereocenters. The molecule has 0 aromatic heterocycles. The Kier molecular flexibility index (Phi) is 5.92. The van der Waals surface area contributed by atoms with E-state index in [0.717, 1.165) is 31.4 Å². The zero-order valence-corrected chi connectivity index (χ0v) is 12.9. The van der Waals surface area contributed by atoms with Crippen molar-refractivity contribution in [3.8, 4) is 0 Å². The number of carbonyl (C=O) groups excluding carboxylic acids is 1. The fourth-order valence-corrected chi connectivity index (χ4v) is 3.31. The molecule has 1 aromatic carbocycles. The summed E-state index contributed by atoms with van der Waals surface area (Å²) in [7, 11) is 0. The predicted molar refractivity (Wildman–Crippen MR) is 85.6 cm³/mol. The van der Waals surface area contributed by atoms with Crippen LogP contribution in [0.2, 0.25) is 0 Å². The molecular formula is C16H24N2OS. The Labute approximate surface area is 125 Å². The Balaban J connectivity index is 1.72. The number of rotatable bonds is 5. The fraction of sp³-hybridized carbons (Fsp3) is 0.562. The molecule has 110 valence electrons. The summed E-state index contributed by atoms with van der Waals surface area (Å²) >= 11 is 1.69. The molecule has 2 rings (SSSR count). The molecule has 4 heteroatoms. The summed E-state index contributed by atoms with van der Waals surface area (Å²) in [5.74, 6) is 1.04. The maximum Gasteiger partial charge on any atom is 0.233 e. The first-order chi connectivity index (χ1) is 9.65. The predicted octanol–water partition coefficient (Wildman–Crippen LogP) is 2.69. The van der Waals surface area contributed by atoms with Gasteiger partial charge < -0.3 is 11.1 Å². The Hall–Kier alpha value is -1.00. The molecule has 1 fully saturated rings. The highest BCUT2D eigenvalue weighted by Gasteiger charge is 2.22. The highest BCUT2D eigenvalue weighted by atomic mass is 32.2. The quantitative estimate of drug-likeness (QED) is 0.877. The Bertz CT molecular complexity index is 416. The maximum atomic E-state index is 12.2. The first kappa shape index (κ1) is 15.4. The van der Waals surface area contributed by atoms with E-state index in [-0.39, 0.29) is 11.2 Å². The number of nitrogens with two attached hydrogens (primary N) is 1. The molecule has 1 aliphatic carbocycles. The number of hydrogen-bond donors (Lipinski definition) is 2. The normalized spacial score (nSPS) is 24.1. The second-order valence-corrected chi connectivity index (χ2v) is 6.89. The Morgan fingerprint density at radius 2 is 1.95 bits per heavy atom. The molecule has 1 aromatic rings. The first-order valence-electron chi connectivity index (χ1n) is 7.36. The van der Waals surface area contributed by atoms with Crippen LogP contribution in [0.5, 0.6) is 0 Å². The minimum absolute atomic E-state index is 0.00851. The van der Waals surface area contributed by atoms with E-state index in [2.05, 4.69) is 17.4 Å². The molecule has 0 saturated heterocycles. The van der Waals surface area contributed by atoms with Crippen molar-refractivity contribution < 1.29 is 4.79 Å². The van der Waals surface area contributed by atoms with Crippen molar-refractivity contribution in [1.29, 1.82) is 0 Å². The van der Waals surface area contributed by atoms with E-state index >= 15 is 0 Å². The molecule has 3 nitrogen and oxygen atoms in total. The Morgan fingerprint density at radius 1 is 1.30 bits per heavy atom. The van der Waals surface area contributed by atoms with E-state index in [0.29, 0.717) is 12.1 Å². The van der Waals surface area contributed by atoms with Crippen LogP contribution in [-0.4, -0.2) is 23.2 Å². The molecule has 0 bridgehead atoms. The maximum absolute atomic E-state index is 12.2. The third-order valence-electron chi connectivity index (χ3n) is 3.83.